The molecule has 0 fully saturated rings. The van der Waals surface area contributed by atoms with Crippen molar-refractivity contribution in [3.63, 3.8) is 0 Å². The van der Waals surface area contributed by atoms with Gasteiger partial charge in [-0.25, -0.2) is 0 Å². The van der Waals surface area contributed by atoms with Gasteiger partial charge in [0.1, 0.15) is 11.5 Å². The van der Waals surface area contributed by atoms with Crippen LogP contribution in [0.5, 0.6) is 11.5 Å². The summed E-state index contributed by atoms with van der Waals surface area (Å²) in [4.78, 5) is 5.05. The van der Waals surface area contributed by atoms with E-state index < -0.39 is 0 Å². The third kappa shape index (κ3) is 12.6. The summed E-state index contributed by atoms with van der Waals surface area (Å²) in [6.45, 7) is 18.8. The molecule has 0 spiro atoms. The third-order valence-electron chi connectivity index (χ3n) is 25.2. The van der Waals surface area contributed by atoms with Crippen molar-refractivity contribution in [2.75, 3.05) is 23.0 Å². The number of anilines is 6. The minimum absolute atomic E-state index is 0.191. The third-order valence-corrected chi connectivity index (χ3v) is 25.2. The van der Waals surface area contributed by atoms with Gasteiger partial charge in [0.15, 0.2) is 0 Å². The van der Waals surface area contributed by atoms with Crippen molar-refractivity contribution < 1.29 is 9.47 Å². The van der Waals surface area contributed by atoms with Gasteiger partial charge in [-0.1, -0.05) is 322 Å². The molecule has 14 aromatic carbocycles. The largest absolute Gasteiger partial charge is 0.494 e. The molecule has 4 heteroatoms. The lowest BCUT2D eigenvalue weighted by molar-refractivity contribution is 0.303. The van der Waals surface area contributed by atoms with Crippen LogP contribution in [0, 0.1) is 0 Å². The summed E-state index contributed by atoms with van der Waals surface area (Å²) in [5, 5.41) is 0. The van der Waals surface area contributed by atoms with Crippen LogP contribution in [0.3, 0.4) is 0 Å². The molecule has 4 aliphatic rings. The topological polar surface area (TPSA) is 24.9 Å². The molecule has 0 aliphatic heterocycles. The summed E-state index contributed by atoms with van der Waals surface area (Å²) < 4.78 is 12.5. The summed E-state index contributed by atoms with van der Waals surface area (Å²) in [6, 6.07) is 123. The first-order valence-corrected chi connectivity index (χ1v) is 40.5. The van der Waals surface area contributed by atoms with Gasteiger partial charge in [0.2, 0.25) is 0 Å². The van der Waals surface area contributed by atoms with Crippen molar-refractivity contribution >= 4 is 46.3 Å². The quantitative estimate of drug-likeness (QED) is 0.0479. The fourth-order valence-corrected chi connectivity index (χ4v) is 19.5. The molecule has 0 aromatic heterocycles. The Morgan fingerprint density at radius 2 is 0.545 bits per heavy atom. The molecule has 0 radical (unpaired) electrons. The number of hydrogen-bond acceptors (Lipinski definition) is 4. The number of benzene rings is 14. The highest BCUT2D eigenvalue weighted by Gasteiger charge is 2.47. The lowest BCUT2D eigenvalue weighted by atomic mass is 9.69. The molecule has 2 unspecified atom stereocenters. The Labute approximate surface area is 662 Å². The van der Waals surface area contributed by atoms with E-state index in [0.29, 0.717) is 13.2 Å². The number of hydrogen-bond donors (Lipinski definition) is 0. The van der Waals surface area contributed by atoms with Crippen molar-refractivity contribution in [3.05, 3.63) is 408 Å². The molecule has 0 bridgehead atoms. The molecule has 0 amide bonds. The summed E-state index contributed by atoms with van der Waals surface area (Å²) in [6.07, 6.45) is 14.2. The minimum atomic E-state index is -0.370. The lowest BCUT2D eigenvalue weighted by Crippen LogP contribution is -2.27. The summed E-state index contributed by atoms with van der Waals surface area (Å²) in [7, 11) is 0. The van der Waals surface area contributed by atoms with E-state index in [-0.39, 0.29) is 21.7 Å². The van der Waals surface area contributed by atoms with E-state index in [1.165, 1.54) is 100 Å². The zero-order valence-corrected chi connectivity index (χ0v) is 64.9. The highest BCUT2D eigenvalue weighted by molar-refractivity contribution is 5.93. The van der Waals surface area contributed by atoms with E-state index in [2.05, 4.69) is 354 Å². The molecule has 18 rings (SSSR count). The zero-order chi connectivity index (χ0) is 76.0. The smallest absolute Gasteiger partial charge is 0.119 e. The van der Waals surface area contributed by atoms with Gasteiger partial charge in [0, 0.05) is 55.8 Å². The Morgan fingerprint density at radius 1 is 0.259 bits per heavy atom. The van der Waals surface area contributed by atoms with Crippen LogP contribution in [-0.2, 0) is 21.7 Å². The average molecular weight is 1450 g/mol. The molecule has 550 valence electrons. The zero-order valence-electron chi connectivity index (χ0n) is 64.9. The van der Waals surface area contributed by atoms with E-state index in [4.69, 9.17) is 9.47 Å². The highest BCUT2D eigenvalue weighted by Crippen LogP contribution is 2.60. The van der Waals surface area contributed by atoms with Crippen LogP contribution in [-0.4, -0.2) is 13.2 Å². The second-order valence-corrected chi connectivity index (χ2v) is 32.2. The second-order valence-electron chi connectivity index (χ2n) is 32.2. The number of ether oxygens (including phenoxy) is 2. The Hall–Kier alpha value is -12.2. The van der Waals surface area contributed by atoms with E-state index in [9.17, 15) is 0 Å². The first-order valence-electron chi connectivity index (χ1n) is 40.5. The van der Waals surface area contributed by atoms with Gasteiger partial charge in [-0.15, -0.1) is 0 Å². The SMILES string of the molecule is C=Cc1ccc(OCCCCCCC2(c3ccccc3)c3ccccc3-c3ccc(N(c4ccc(-c5ccc(N(c6ccc7c(c6)C(C)(C)c6ccccc6-7)c6ccc7c(c6)C(CCCCCCOc6ccc(C=C)cc6)(c6ccccc6)c6ccccc6-7)cc5)cc4)c4ccc5c(c4)C(C)(C)c4ccccc4-5)cc32)cc1. The highest BCUT2D eigenvalue weighted by atomic mass is 16.5. The number of nitrogens with zero attached hydrogens (tertiary/aromatic N) is 2. The second kappa shape index (κ2) is 29.9. The molecule has 14 aromatic rings. The van der Waals surface area contributed by atoms with Crippen LogP contribution in [0.2, 0.25) is 0 Å². The summed E-state index contributed by atoms with van der Waals surface area (Å²) in [5.74, 6) is 1.82. The maximum atomic E-state index is 6.23. The first-order chi connectivity index (χ1) is 54.9. The maximum Gasteiger partial charge on any atom is 0.119 e. The predicted octanol–water partition coefficient (Wildman–Crippen LogP) is 28.9. The van der Waals surface area contributed by atoms with Gasteiger partial charge < -0.3 is 19.3 Å². The Morgan fingerprint density at radius 3 is 0.902 bits per heavy atom. The van der Waals surface area contributed by atoms with E-state index in [1.807, 2.05) is 36.4 Å². The minimum Gasteiger partial charge on any atom is -0.494 e. The van der Waals surface area contributed by atoms with E-state index in [1.54, 1.807) is 0 Å². The van der Waals surface area contributed by atoms with Crippen molar-refractivity contribution in [1.82, 2.24) is 0 Å². The first kappa shape index (κ1) is 71.4. The molecule has 0 saturated heterocycles. The van der Waals surface area contributed by atoms with Crippen molar-refractivity contribution in [2.24, 2.45) is 0 Å². The number of unbranched alkanes of at least 4 members (excludes halogenated alkanes) is 6. The standard InChI is InChI=1S/C108H96N2O2/c1-7-75-43-59-87(60-44-75)111-69-29-11-9-27-67-107(79-31-15-13-16-32-79)99-41-25-21-37-91(99)95-65-57-85(73-103(95)107)109(83-55-63-93-89-35-19-23-39-97(89)105(3,4)101(93)71-83)81-51-47-77(48-52-81)78-49-53-82(54-50-78)110(84-56-64-94-90-36-20-24-40-98(90)106(5,6)102(94)72-84)86-58-66-96-92-38-22-26-42-100(92)108(104(96)74-86,80-33-17-14-18-34-80)68-28-10-12-30-70-112-88-61-45-76(8-2)46-62-88/h7-8,13-26,31-66,71-74H,1-2,9-12,27-30,67-70H2,3-6H3. The van der Waals surface area contributed by atoms with E-state index >= 15 is 0 Å². The van der Waals surface area contributed by atoms with Crippen LogP contribution in [0.4, 0.5) is 34.1 Å². The van der Waals surface area contributed by atoms with Crippen LogP contribution in [0.25, 0.3) is 67.8 Å². The number of rotatable bonds is 27. The van der Waals surface area contributed by atoms with Gasteiger partial charge >= 0.3 is 0 Å². The number of fused-ring (bicyclic) bond motifs is 12. The molecule has 4 aliphatic carbocycles. The predicted molar refractivity (Wildman–Crippen MR) is 470 cm³/mol. The Kier molecular flexibility index (Phi) is 19.0. The monoisotopic (exact) mass is 1450 g/mol. The van der Waals surface area contributed by atoms with Crippen molar-refractivity contribution in [2.45, 2.75) is 114 Å². The fourth-order valence-electron chi connectivity index (χ4n) is 19.5. The van der Waals surface area contributed by atoms with Gasteiger partial charge in [-0.05, 0) is 245 Å². The van der Waals surface area contributed by atoms with Crippen LogP contribution < -0.4 is 19.3 Å². The normalized spacial score (nSPS) is 15.9. The molecule has 2 atom stereocenters. The van der Waals surface area contributed by atoms with Crippen LogP contribution in [0.1, 0.15) is 159 Å². The van der Waals surface area contributed by atoms with Gasteiger partial charge in [-0.2, -0.15) is 0 Å². The molecule has 0 N–H and O–H groups in total. The fraction of sp³-hybridized carbons (Fsp3) is 0.185. The van der Waals surface area contributed by atoms with Gasteiger partial charge in [0.05, 0.1) is 13.2 Å². The Balaban J connectivity index is 0.696. The molecular formula is C108H96N2O2. The Bertz CT molecular complexity index is 5450. The molecular weight excluding hydrogens is 1360 g/mol. The molecule has 4 nitrogen and oxygen atoms in total. The van der Waals surface area contributed by atoms with Crippen molar-refractivity contribution in [3.8, 4) is 67.1 Å². The summed E-state index contributed by atoms with van der Waals surface area (Å²) in [5.41, 5.74) is 34.2. The summed E-state index contributed by atoms with van der Waals surface area (Å²) >= 11 is 0. The van der Waals surface area contributed by atoms with Crippen LogP contribution in [0.15, 0.2) is 341 Å². The van der Waals surface area contributed by atoms with Crippen LogP contribution >= 0.6 is 0 Å². The average Bonchev–Trinajstić information content (AvgIpc) is 1.55. The van der Waals surface area contributed by atoms with E-state index in [0.717, 1.165) is 132 Å². The van der Waals surface area contributed by atoms with Crippen molar-refractivity contribution in [1.29, 1.82) is 0 Å². The lowest BCUT2D eigenvalue weighted by Gasteiger charge is -2.35. The molecule has 112 heavy (non-hydrogen) atoms. The molecule has 0 saturated carbocycles. The van der Waals surface area contributed by atoms with Gasteiger partial charge in [0.25, 0.3) is 0 Å². The van der Waals surface area contributed by atoms with Gasteiger partial charge in [-0.3, -0.25) is 0 Å². The maximum absolute atomic E-state index is 6.23. The molecule has 0 heterocycles.